The van der Waals surface area contributed by atoms with Crippen LogP contribution in [0.4, 0.5) is 10.1 Å². The number of fused-ring (bicyclic) bond motifs is 1. The second-order valence-electron chi connectivity index (χ2n) is 9.46. The molecule has 1 aliphatic rings. The van der Waals surface area contributed by atoms with Crippen molar-refractivity contribution < 1.29 is 12.8 Å². The van der Waals surface area contributed by atoms with Crippen LogP contribution in [0.1, 0.15) is 5.56 Å². The number of hydrogen-bond donors (Lipinski definition) is 0. The highest BCUT2D eigenvalue weighted by Gasteiger charge is 2.27. The molecular formula is C30H28ClFN4O2S. The Hall–Kier alpha value is -3.72. The van der Waals surface area contributed by atoms with E-state index in [4.69, 9.17) is 0 Å². The molecule has 1 fully saturated rings. The number of benzene rings is 4. The number of halogens is 2. The van der Waals surface area contributed by atoms with Gasteiger partial charge in [0.05, 0.1) is 16.1 Å². The van der Waals surface area contributed by atoms with E-state index in [1.165, 1.54) is 17.7 Å². The summed E-state index contributed by atoms with van der Waals surface area (Å²) < 4.78 is 42.6. The first-order valence-corrected chi connectivity index (χ1v) is 14.1. The average Bonchev–Trinajstić information content (AvgIpc) is 3.35. The third-order valence-electron chi connectivity index (χ3n) is 7.00. The highest BCUT2D eigenvalue weighted by atomic mass is 35.5. The molecule has 0 unspecified atom stereocenters. The third-order valence-corrected chi connectivity index (χ3v) is 8.70. The van der Waals surface area contributed by atoms with Gasteiger partial charge in [-0.1, -0.05) is 48.5 Å². The Labute approximate surface area is 233 Å². The van der Waals surface area contributed by atoms with E-state index < -0.39 is 9.84 Å². The van der Waals surface area contributed by atoms with Gasteiger partial charge in [0.1, 0.15) is 5.82 Å². The molecule has 0 radical (unpaired) electrons. The maximum atomic E-state index is 13.7. The molecule has 1 saturated heterocycles. The first-order valence-electron chi connectivity index (χ1n) is 12.6. The topological polar surface area (TPSA) is 58.4 Å². The smallest absolute Gasteiger partial charge is 0.226 e. The van der Waals surface area contributed by atoms with E-state index in [1.54, 1.807) is 47.1 Å². The zero-order valence-electron chi connectivity index (χ0n) is 21.2. The first-order chi connectivity index (χ1) is 18.5. The fourth-order valence-electron chi connectivity index (χ4n) is 4.97. The van der Waals surface area contributed by atoms with Gasteiger partial charge < -0.3 is 4.90 Å². The van der Waals surface area contributed by atoms with Crippen molar-refractivity contribution in [2.75, 3.05) is 31.1 Å². The largest absolute Gasteiger partial charge is 0.369 e. The molecular weight excluding hydrogens is 535 g/mol. The van der Waals surface area contributed by atoms with Gasteiger partial charge in [0.2, 0.25) is 9.84 Å². The van der Waals surface area contributed by atoms with Crippen molar-refractivity contribution in [3.63, 3.8) is 0 Å². The quantitative estimate of drug-likeness (QED) is 0.264. The van der Waals surface area contributed by atoms with Crippen molar-refractivity contribution in [1.29, 1.82) is 0 Å². The van der Waals surface area contributed by atoms with Crippen molar-refractivity contribution in [3.05, 3.63) is 115 Å². The van der Waals surface area contributed by atoms with E-state index in [0.29, 0.717) is 16.6 Å². The van der Waals surface area contributed by atoms with Crippen LogP contribution >= 0.6 is 12.4 Å². The van der Waals surface area contributed by atoms with E-state index in [0.717, 1.165) is 38.4 Å². The molecule has 0 saturated carbocycles. The molecule has 0 aliphatic carbocycles. The Balaban J connectivity index is 0.00000308. The predicted octanol–water partition coefficient (Wildman–Crippen LogP) is 5.74. The molecule has 0 bridgehead atoms. The Bertz CT molecular complexity index is 1670. The SMILES string of the molecule is Cl.O=S(=O)(c1ccccc1)c1nn(-c2ccc(F)cc2)c2ccc(N3CCN(Cc4ccccc4)CC3)cc12. The standard InChI is InChI=1S/C30H27FN4O2S.ClH/c31-24-11-13-25(14-12-24)35-29-16-15-26(34-19-17-33(18-20-34)22-23-7-3-1-4-8-23)21-28(29)30(32-35)38(36,37)27-9-5-2-6-10-27;/h1-16,21H,17-20,22H2;1H. The molecule has 0 N–H and O–H groups in total. The fourth-order valence-corrected chi connectivity index (χ4v) is 6.35. The molecule has 0 amide bonds. The van der Waals surface area contributed by atoms with Gasteiger partial charge in [-0.05, 0) is 60.2 Å². The van der Waals surface area contributed by atoms with Crippen LogP contribution in [-0.2, 0) is 16.4 Å². The Morgan fingerprint density at radius 1 is 0.744 bits per heavy atom. The van der Waals surface area contributed by atoms with Gasteiger partial charge in [-0.3, -0.25) is 4.90 Å². The van der Waals surface area contributed by atoms with Crippen molar-refractivity contribution in [2.45, 2.75) is 16.5 Å². The lowest BCUT2D eigenvalue weighted by atomic mass is 10.1. The lowest BCUT2D eigenvalue weighted by molar-refractivity contribution is 0.250. The maximum absolute atomic E-state index is 13.7. The Kier molecular flexibility index (Phi) is 7.70. The fraction of sp³-hybridized carbons (Fsp3) is 0.167. The first kappa shape index (κ1) is 26.9. The van der Waals surface area contributed by atoms with Gasteiger partial charge in [-0.2, -0.15) is 5.10 Å². The zero-order valence-corrected chi connectivity index (χ0v) is 22.8. The molecule has 6 nitrogen and oxygen atoms in total. The summed E-state index contributed by atoms with van der Waals surface area (Å²) in [4.78, 5) is 4.91. The second-order valence-corrected chi connectivity index (χ2v) is 11.3. The molecule has 4 aromatic carbocycles. The number of hydrogen-bond acceptors (Lipinski definition) is 5. The lowest BCUT2D eigenvalue weighted by Crippen LogP contribution is -2.45. The Morgan fingerprint density at radius 3 is 2.03 bits per heavy atom. The van der Waals surface area contributed by atoms with E-state index in [9.17, 15) is 12.8 Å². The summed E-state index contributed by atoms with van der Waals surface area (Å²) in [5, 5.41) is 5.10. The van der Waals surface area contributed by atoms with E-state index in [1.807, 2.05) is 24.3 Å². The summed E-state index contributed by atoms with van der Waals surface area (Å²) in [7, 11) is -3.88. The van der Waals surface area contributed by atoms with Gasteiger partial charge in [0.25, 0.3) is 0 Å². The van der Waals surface area contributed by atoms with Gasteiger partial charge in [-0.25, -0.2) is 17.5 Å². The molecule has 0 spiro atoms. The number of rotatable bonds is 6. The molecule has 6 rings (SSSR count). The van der Waals surface area contributed by atoms with E-state index >= 15 is 0 Å². The van der Waals surface area contributed by atoms with E-state index in [2.05, 4.69) is 39.2 Å². The van der Waals surface area contributed by atoms with Crippen LogP contribution in [0.5, 0.6) is 0 Å². The summed E-state index contributed by atoms with van der Waals surface area (Å²) in [5.74, 6) is -0.365. The summed E-state index contributed by atoms with van der Waals surface area (Å²) in [5.41, 5.74) is 3.50. The monoisotopic (exact) mass is 562 g/mol. The minimum Gasteiger partial charge on any atom is -0.369 e. The molecule has 0 atom stereocenters. The highest BCUT2D eigenvalue weighted by Crippen LogP contribution is 2.33. The predicted molar refractivity (Wildman–Crippen MR) is 154 cm³/mol. The van der Waals surface area contributed by atoms with Crippen molar-refractivity contribution >= 4 is 38.8 Å². The zero-order chi connectivity index (χ0) is 26.1. The minimum atomic E-state index is -3.88. The molecule has 5 aromatic rings. The second kappa shape index (κ2) is 11.2. The van der Waals surface area contributed by atoms with Crippen LogP contribution in [0, 0.1) is 5.82 Å². The lowest BCUT2D eigenvalue weighted by Gasteiger charge is -2.36. The van der Waals surface area contributed by atoms with Gasteiger partial charge >= 0.3 is 0 Å². The summed E-state index contributed by atoms with van der Waals surface area (Å²) >= 11 is 0. The highest BCUT2D eigenvalue weighted by molar-refractivity contribution is 7.91. The molecule has 2 heterocycles. The average molecular weight is 563 g/mol. The van der Waals surface area contributed by atoms with Crippen LogP contribution in [0.2, 0.25) is 0 Å². The van der Waals surface area contributed by atoms with Gasteiger partial charge in [-0.15, -0.1) is 12.4 Å². The number of sulfone groups is 1. The van der Waals surface area contributed by atoms with E-state index in [-0.39, 0.29) is 28.1 Å². The number of nitrogens with zero attached hydrogens (tertiary/aromatic N) is 4. The summed E-state index contributed by atoms with van der Waals surface area (Å²) in [6, 6.07) is 30.5. The van der Waals surface area contributed by atoms with Crippen molar-refractivity contribution in [1.82, 2.24) is 14.7 Å². The number of aromatic nitrogens is 2. The summed E-state index contributed by atoms with van der Waals surface area (Å²) in [6.07, 6.45) is 0. The van der Waals surface area contributed by atoms with Crippen LogP contribution in [0.3, 0.4) is 0 Å². The molecule has 39 heavy (non-hydrogen) atoms. The molecule has 1 aromatic heterocycles. The summed E-state index contributed by atoms with van der Waals surface area (Å²) in [6.45, 7) is 4.42. The Morgan fingerprint density at radius 2 is 1.36 bits per heavy atom. The number of piperazine rings is 1. The molecule has 9 heteroatoms. The van der Waals surface area contributed by atoms with Gasteiger partial charge in [0, 0.05) is 43.8 Å². The van der Waals surface area contributed by atoms with Crippen molar-refractivity contribution in [2.24, 2.45) is 0 Å². The van der Waals surface area contributed by atoms with Crippen LogP contribution in [-0.4, -0.2) is 49.3 Å². The third kappa shape index (κ3) is 5.41. The minimum absolute atomic E-state index is 0. The molecule has 200 valence electrons. The van der Waals surface area contributed by atoms with Crippen LogP contribution < -0.4 is 4.90 Å². The van der Waals surface area contributed by atoms with Crippen LogP contribution in [0.15, 0.2) is 113 Å². The maximum Gasteiger partial charge on any atom is 0.226 e. The van der Waals surface area contributed by atoms with Crippen molar-refractivity contribution in [3.8, 4) is 5.69 Å². The molecule has 1 aliphatic heterocycles. The normalized spacial score (nSPS) is 14.3. The number of anilines is 1. The van der Waals surface area contributed by atoms with Gasteiger partial charge in [0.15, 0.2) is 5.03 Å². The van der Waals surface area contributed by atoms with Crippen LogP contribution in [0.25, 0.3) is 16.6 Å².